The zero-order valence-electron chi connectivity index (χ0n) is 10.3. The predicted octanol–water partition coefficient (Wildman–Crippen LogP) is 2.51. The average molecular weight is 233 g/mol. The SMILES string of the molecule is CC1(c2cccc(N3CCCC3)c2)OCCO1. The molecule has 1 aromatic rings. The first-order valence-corrected chi connectivity index (χ1v) is 6.41. The van der Waals surface area contributed by atoms with E-state index in [1.807, 2.05) is 6.92 Å². The largest absolute Gasteiger partial charge is 0.372 e. The van der Waals surface area contributed by atoms with Crippen molar-refractivity contribution in [3.63, 3.8) is 0 Å². The highest BCUT2D eigenvalue weighted by Gasteiger charge is 2.33. The van der Waals surface area contributed by atoms with E-state index in [4.69, 9.17) is 9.47 Å². The number of benzene rings is 1. The Balaban J connectivity index is 1.88. The lowest BCUT2D eigenvalue weighted by molar-refractivity contribution is -0.149. The van der Waals surface area contributed by atoms with Crippen molar-refractivity contribution in [2.75, 3.05) is 31.2 Å². The fourth-order valence-corrected chi connectivity index (χ4v) is 2.64. The summed E-state index contributed by atoms with van der Waals surface area (Å²) in [4.78, 5) is 2.43. The summed E-state index contributed by atoms with van der Waals surface area (Å²) in [5, 5.41) is 0. The van der Waals surface area contributed by atoms with Crippen molar-refractivity contribution in [1.82, 2.24) is 0 Å². The van der Waals surface area contributed by atoms with Gasteiger partial charge in [0.25, 0.3) is 0 Å². The van der Waals surface area contributed by atoms with Crippen LogP contribution in [-0.4, -0.2) is 26.3 Å². The monoisotopic (exact) mass is 233 g/mol. The van der Waals surface area contributed by atoms with Crippen molar-refractivity contribution in [3.05, 3.63) is 29.8 Å². The Morgan fingerprint density at radius 1 is 1.12 bits per heavy atom. The van der Waals surface area contributed by atoms with Crippen molar-refractivity contribution in [3.8, 4) is 0 Å². The van der Waals surface area contributed by atoms with Gasteiger partial charge >= 0.3 is 0 Å². The van der Waals surface area contributed by atoms with E-state index in [2.05, 4.69) is 29.2 Å². The van der Waals surface area contributed by atoms with Crippen LogP contribution in [0, 0.1) is 0 Å². The van der Waals surface area contributed by atoms with Gasteiger partial charge in [-0.3, -0.25) is 0 Å². The van der Waals surface area contributed by atoms with E-state index in [-0.39, 0.29) is 0 Å². The molecular formula is C14H19NO2. The minimum Gasteiger partial charge on any atom is -0.372 e. The molecule has 3 heteroatoms. The van der Waals surface area contributed by atoms with Gasteiger partial charge in [0.1, 0.15) is 0 Å². The minimum absolute atomic E-state index is 0.546. The first-order chi connectivity index (χ1) is 8.28. The van der Waals surface area contributed by atoms with Crippen LogP contribution in [0.3, 0.4) is 0 Å². The number of hydrogen-bond acceptors (Lipinski definition) is 3. The fourth-order valence-electron chi connectivity index (χ4n) is 2.64. The van der Waals surface area contributed by atoms with Crippen LogP contribution in [0.5, 0.6) is 0 Å². The van der Waals surface area contributed by atoms with Gasteiger partial charge < -0.3 is 14.4 Å². The molecule has 0 amide bonds. The lowest BCUT2D eigenvalue weighted by atomic mass is 10.1. The van der Waals surface area contributed by atoms with Crippen LogP contribution in [-0.2, 0) is 15.3 Å². The van der Waals surface area contributed by atoms with Crippen LogP contribution >= 0.6 is 0 Å². The molecule has 2 aliphatic rings. The molecule has 0 N–H and O–H groups in total. The molecule has 0 atom stereocenters. The maximum absolute atomic E-state index is 5.70. The summed E-state index contributed by atoms with van der Waals surface area (Å²) < 4.78 is 11.4. The van der Waals surface area contributed by atoms with E-state index in [0.717, 1.165) is 5.56 Å². The molecule has 3 rings (SSSR count). The Bertz CT molecular complexity index is 393. The summed E-state index contributed by atoms with van der Waals surface area (Å²) in [7, 11) is 0. The van der Waals surface area contributed by atoms with Gasteiger partial charge in [-0.05, 0) is 31.9 Å². The topological polar surface area (TPSA) is 21.7 Å². The van der Waals surface area contributed by atoms with Gasteiger partial charge in [-0.15, -0.1) is 0 Å². The van der Waals surface area contributed by atoms with E-state index in [9.17, 15) is 0 Å². The predicted molar refractivity (Wildman–Crippen MR) is 67.1 cm³/mol. The molecule has 3 nitrogen and oxygen atoms in total. The van der Waals surface area contributed by atoms with Gasteiger partial charge in [0.2, 0.25) is 0 Å². The molecule has 2 aliphatic heterocycles. The smallest absolute Gasteiger partial charge is 0.192 e. The molecule has 92 valence electrons. The number of anilines is 1. The van der Waals surface area contributed by atoms with Crippen LogP contribution < -0.4 is 4.90 Å². The molecule has 2 saturated heterocycles. The van der Waals surface area contributed by atoms with Crippen molar-refractivity contribution in [2.24, 2.45) is 0 Å². The first-order valence-electron chi connectivity index (χ1n) is 6.41. The zero-order valence-corrected chi connectivity index (χ0v) is 10.3. The molecule has 0 spiro atoms. The molecule has 0 bridgehead atoms. The Morgan fingerprint density at radius 3 is 2.53 bits per heavy atom. The Labute approximate surface area is 102 Å². The summed E-state index contributed by atoms with van der Waals surface area (Å²) in [6, 6.07) is 8.56. The van der Waals surface area contributed by atoms with Gasteiger partial charge in [-0.2, -0.15) is 0 Å². The second-order valence-electron chi connectivity index (χ2n) is 4.89. The summed E-state index contributed by atoms with van der Waals surface area (Å²) in [6.45, 7) is 5.71. The third-order valence-electron chi connectivity index (χ3n) is 3.68. The first kappa shape index (κ1) is 11.1. The van der Waals surface area contributed by atoms with Crippen LogP contribution in [0.15, 0.2) is 24.3 Å². The molecule has 1 aromatic carbocycles. The molecular weight excluding hydrogens is 214 g/mol. The van der Waals surface area contributed by atoms with E-state index >= 15 is 0 Å². The van der Waals surface area contributed by atoms with Gasteiger partial charge in [-0.1, -0.05) is 12.1 Å². The highest BCUT2D eigenvalue weighted by molar-refractivity contribution is 5.50. The van der Waals surface area contributed by atoms with Crippen molar-refractivity contribution in [2.45, 2.75) is 25.6 Å². The maximum atomic E-state index is 5.70. The third kappa shape index (κ3) is 2.05. The molecule has 0 aliphatic carbocycles. The standard InChI is InChI=1S/C14H19NO2/c1-14(16-9-10-17-14)12-5-4-6-13(11-12)15-7-2-3-8-15/h4-6,11H,2-3,7-10H2,1H3. The van der Waals surface area contributed by atoms with E-state index in [1.54, 1.807) is 0 Å². The van der Waals surface area contributed by atoms with Gasteiger partial charge in [0.05, 0.1) is 13.2 Å². The maximum Gasteiger partial charge on any atom is 0.192 e. The van der Waals surface area contributed by atoms with Crippen LogP contribution in [0.2, 0.25) is 0 Å². The average Bonchev–Trinajstić information content (AvgIpc) is 3.01. The van der Waals surface area contributed by atoms with E-state index in [0.29, 0.717) is 13.2 Å². The summed E-state index contributed by atoms with van der Waals surface area (Å²) in [5.41, 5.74) is 2.42. The second kappa shape index (κ2) is 4.31. The number of ether oxygens (including phenoxy) is 2. The van der Waals surface area contributed by atoms with Crippen LogP contribution in [0.4, 0.5) is 5.69 Å². The molecule has 2 fully saturated rings. The Kier molecular flexibility index (Phi) is 2.81. The van der Waals surface area contributed by atoms with Crippen molar-refractivity contribution < 1.29 is 9.47 Å². The summed E-state index contributed by atoms with van der Waals surface area (Å²) in [5.74, 6) is -0.546. The summed E-state index contributed by atoms with van der Waals surface area (Å²) >= 11 is 0. The van der Waals surface area contributed by atoms with Gasteiger partial charge in [0.15, 0.2) is 5.79 Å². The van der Waals surface area contributed by atoms with Gasteiger partial charge in [0, 0.05) is 24.3 Å². The molecule has 17 heavy (non-hydrogen) atoms. The fraction of sp³-hybridized carbons (Fsp3) is 0.571. The number of rotatable bonds is 2. The second-order valence-corrected chi connectivity index (χ2v) is 4.89. The van der Waals surface area contributed by atoms with Crippen LogP contribution in [0.1, 0.15) is 25.3 Å². The molecule has 0 radical (unpaired) electrons. The zero-order chi connectivity index (χ0) is 11.7. The lowest BCUT2D eigenvalue weighted by Crippen LogP contribution is -2.24. The van der Waals surface area contributed by atoms with Gasteiger partial charge in [-0.25, -0.2) is 0 Å². The Hall–Kier alpha value is -1.06. The number of hydrogen-bond donors (Lipinski definition) is 0. The van der Waals surface area contributed by atoms with Crippen LogP contribution in [0.25, 0.3) is 0 Å². The molecule has 0 saturated carbocycles. The Morgan fingerprint density at radius 2 is 1.82 bits per heavy atom. The van der Waals surface area contributed by atoms with E-state index in [1.165, 1.54) is 31.6 Å². The highest BCUT2D eigenvalue weighted by atomic mass is 16.7. The normalized spacial score (nSPS) is 23.2. The van der Waals surface area contributed by atoms with E-state index < -0.39 is 5.79 Å². The van der Waals surface area contributed by atoms with Crippen molar-refractivity contribution >= 4 is 5.69 Å². The highest BCUT2D eigenvalue weighted by Crippen LogP contribution is 2.33. The minimum atomic E-state index is -0.546. The quantitative estimate of drug-likeness (QED) is 0.783. The lowest BCUT2D eigenvalue weighted by Gasteiger charge is -2.25. The molecule has 0 unspecified atom stereocenters. The third-order valence-corrected chi connectivity index (χ3v) is 3.68. The molecule has 2 heterocycles. The number of nitrogens with zero attached hydrogens (tertiary/aromatic N) is 1. The van der Waals surface area contributed by atoms with Crippen molar-refractivity contribution in [1.29, 1.82) is 0 Å². The molecule has 0 aromatic heterocycles. The summed E-state index contributed by atoms with van der Waals surface area (Å²) in [6.07, 6.45) is 2.60.